The quantitative estimate of drug-likeness (QED) is 0.806. The second-order valence-corrected chi connectivity index (χ2v) is 6.42. The first-order chi connectivity index (χ1) is 8.86. The molecule has 3 unspecified atom stereocenters. The van der Waals surface area contributed by atoms with E-state index in [9.17, 15) is 0 Å². The lowest BCUT2D eigenvalue weighted by molar-refractivity contribution is 0.0860. The maximum atomic E-state index is 3.69. The molecule has 0 aliphatic carbocycles. The summed E-state index contributed by atoms with van der Waals surface area (Å²) in [6.07, 6.45) is 8.36. The first-order valence-corrected chi connectivity index (χ1v) is 8.08. The van der Waals surface area contributed by atoms with Gasteiger partial charge in [0.05, 0.1) is 0 Å². The second-order valence-electron chi connectivity index (χ2n) is 6.42. The van der Waals surface area contributed by atoms with Gasteiger partial charge in [-0.15, -0.1) is 0 Å². The van der Waals surface area contributed by atoms with E-state index >= 15 is 0 Å². The maximum Gasteiger partial charge on any atom is 0.0192 e. The first kappa shape index (κ1) is 12.9. The molecule has 3 fully saturated rings. The van der Waals surface area contributed by atoms with Crippen LogP contribution < -0.4 is 5.32 Å². The molecule has 0 aromatic carbocycles. The Morgan fingerprint density at radius 1 is 1.00 bits per heavy atom. The van der Waals surface area contributed by atoms with Crippen molar-refractivity contribution < 1.29 is 0 Å². The van der Waals surface area contributed by atoms with E-state index in [4.69, 9.17) is 0 Å². The average molecular weight is 251 g/mol. The first-order valence-electron chi connectivity index (χ1n) is 8.08. The molecule has 1 N–H and O–H groups in total. The number of hydrogen-bond donors (Lipinski definition) is 1. The third-order valence-corrected chi connectivity index (χ3v) is 5.31. The maximum absolute atomic E-state index is 3.69. The Morgan fingerprint density at radius 3 is 2.72 bits per heavy atom. The highest BCUT2D eigenvalue weighted by atomic mass is 15.2. The van der Waals surface area contributed by atoms with Crippen molar-refractivity contribution in [3.05, 3.63) is 0 Å². The molecule has 3 rings (SSSR count). The number of nitrogens with zero attached hydrogens (tertiary/aromatic N) is 2. The molecule has 0 spiro atoms. The van der Waals surface area contributed by atoms with E-state index in [1.54, 1.807) is 0 Å². The van der Waals surface area contributed by atoms with Crippen LogP contribution in [0.5, 0.6) is 0 Å². The summed E-state index contributed by atoms with van der Waals surface area (Å²) in [6.45, 7) is 8.87. The number of nitrogens with one attached hydrogen (secondary N) is 1. The summed E-state index contributed by atoms with van der Waals surface area (Å²) in [6, 6.07) is 2.52. The summed E-state index contributed by atoms with van der Waals surface area (Å²) in [5.41, 5.74) is 0. The summed E-state index contributed by atoms with van der Waals surface area (Å²) in [4.78, 5) is 5.55. The Bertz CT molecular complexity index is 268. The van der Waals surface area contributed by atoms with Crippen molar-refractivity contribution >= 4 is 0 Å². The molecular weight excluding hydrogens is 222 g/mol. The zero-order valence-electron chi connectivity index (χ0n) is 11.9. The van der Waals surface area contributed by atoms with Gasteiger partial charge >= 0.3 is 0 Å². The van der Waals surface area contributed by atoms with Crippen molar-refractivity contribution in [1.82, 2.24) is 15.1 Å². The van der Waals surface area contributed by atoms with Gasteiger partial charge in [-0.2, -0.15) is 0 Å². The molecule has 3 aliphatic heterocycles. The van der Waals surface area contributed by atoms with E-state index < -0.39 is 0 Å². The molecular formula is C15H29N3. The van der Waals surface area contributed by atoms with Crippen LogP contribution in [0.1, 0.15) is 45.4 Å². The standard InChI is InChI=1S/C15H29N3/c1-2-13-12-18(9-4-7-16-13)15-6-10-17-8-3-5-14(17)11-15/h13-16H,2-12H2,1H3. The van der Waals surface area contributed by atoms with E-state index in [0.717, 1.165) is 18.1 Å². The second kappa shape index (κ2) is 5.89. The topological polar surface area (TPSA) is 18.5 Å². The number of rotatable bonds is 2. The van der Waals surface area contributed by atoms with E-state index in [0.29, 0.717) is 0 Å². The van der Waals surface area contributed by atoms with Crippen LogP contribution in [0.3, 0.4) is 0 Å². The molecule has 0 saturated carbocycles. The molecule has 0 radical (unpaired) electrons. The molecule has 0 aromatic heterocycles. The SMILES string of the molecule is CCC1CN(C2CCN3CCCC3C2)CCCN1. The number of piperidine rings is 1. The molecule has 0 bridgehead atoms. The molecule has 3 atom stereocenters. The van der Waals surface area contributed by atoms with Gasteiger partial charge in [0, 0.05) is 24.7 Å². The Hall–Kier alpha value is -0.120. The average Bonchev–Trinajstić information content (AvgIpc) is 2.74. The van der Waals surface area contributed by atoms with Gasteiger partial charge in [0.15, 0.2) is 0 Å². The van der Waals surface area contributed by atoms with Crippen LogP contribution in [-0.4, -0.2) is 60.6 Å². The van der Waals surface area contributed by atoms with Crippen molar-refractivity contribution in [3.63, 3.8) is 0 Å². The largest absolute Gasteiger partial charge is 0.313 e. The molecule has 18 heavy (non-hydrogen) atoms. The Balaban J connectivity index is 1.59. The summed E-state index contributed by atoms with van der Waals surface area (Å²) in [5.74, 6) is 0. The molecule has 0 amide bonds. The summed E-state index contributed by atoms with van der Waals surface area (Å²) in [5, 5.41) is 3.69. The Morgan fingerprint density at radius 2 is 1.83 bits per heavy atom. The van der Waals surface area contributed by atoms with E-state index in [2.05, 4.69) is 22.0 Å². The van der Waals surface area contributed by atoms with Crippen LogP contribution in [0.25, 0.3) is 0 Å². The molecule has 3 nitrogen and oxygen atoms in total. The van der Waals surface area contributed by atoms with Gasteiger partial charge in [-0.3, -0.25) is 4.90 Å². The summed E-state index contributed by atoms with van der Waals surface area (Å²) >= 11 is 0. The third-order valence-electron chi connectivity index (χ3n) is 5.31. The van der Waals surface area contributed by atoms with Gasteiger partial charge in [-0.1, -0.05) is 6.92 Å². The zero-order chi connectivity index (χ0) is 12.4. The molecule has 3 aliphatic rings. The Labute approximate surface area is 112 Å². The normalized spacial score (nSPS) is 39.5. The van der Waals surface area contributed by atoms with Crippen molar-refractivity contribution in [2.45, 2.75) is 63.6 Å². The lowest BCUT2D eigenvalue weighted by Gasteiger charge is -2.41. The van der Waals surface area contributed by atoms with Crippen molar-refractivity contribution in [2.75, 3.05) is 32.7 Å². The van der Waals surface area contributed by atoms with Crippen LogP contribution in [0, 0.1) is 0 Å². The lowest BCUT2D eigenvalue weighted by atomic mass is 9.95. The van der Waals surface area contributed by atoms with Crippen LogP contribution in [-0.2, 0) is 0 Å². The predicted molar refractivity (Wildman–Crippen MR) is 75.9 cm³/mol. The fourth-order valence-electron chi connectivity index (χ4n) is 4.17. The van der Waals surface area contributed by atoms with E-state index in [-0.39, 0.29) is 0 Å². The minimum Gasteiger partial charge on any atom is -0.313 e. The summed E-state index contributed by atoms with van der Waals surface area (Å²) in [7, 11) is 0. The minimum absolute atomic E-state index is 0.731. The van der Waals surface area contributed by atoms with Crippen LogP contribution >= 0.6 is 0 Å². The van der Waals surface area contributed by atoms with Gasteiger partial charge < -0.3 is 10.2 Å². The van der Waals surface area contributed by atoms with Crippen LogP contribution in [0.15, 0.2) is 0 Å². The van der Waals surface area contributed by atoms with Gasteiger partial charge in [-0.25, -0.2) is 0 Å². The zero-order valence-corrected chi connectivity index (χ0v) is 11.9. The molecule has 104 valence electrons. The van der Waals surface area contributed by atoms with Gasteiger partial charge in [-0.05, 0) is 64.7 Å². The highest BCUT2D eigenvalue weighted by Crippen LogP contribution is 2.29. The molecule has 3 saturated heterocycles. The minimum atomic E-state index is 0.731. The highest BCUT2D eigenvalue weighted by molar-refractivity contribution is 4.91. The monoisotopic (exact) mass is 251 g/mol. The van der Waals surface area contributed by atoms with Gasteiger partial charge in [0.1, 0.15) is 0 Å². The van der Waals surface area contributed by atoms with E-state index in [1.165, 1.54) is 71.2 Å². The van der Waals surface area contributed by atoms with Crippen molar-refractivity contribution in [3.8, 4) is 0 Å². The van der Waals surface area contributed by atoms with Gasteiger partial charge in [0.25, 0.3) is 0 Å². The van der Waals surface area contributed by atoms with Crippen LogP contribution in [0.2, 0.25) is 0 Å². The van der Waals surface area contributed by atoms with Crippen molar-refractivity contribution in [2.24, 2.45) is 0 Å². The number of fused-ring (bicyclic) bond motifs is 1. The molecule has 3 heteroatoms. The third kappa shape index (κ3) is 2.73. The van der Waals surface area contributed by atoms with Gasteiger partial charge in [0.2, 0.25) is 0 Å². The number of hydrogen-bond acceptors (Lipinski definition) is 3. The smallest absolute Gasteiger partial charge is 0.0192 e. The fraction of sp³-hybridized carbons (Fsp3) is 1.00. The molecule has 0 aromatic rings. The van der Waals surface area contributed by atoms with Crippen LogP contribution in [0.4, 0.5) is 0 Å². The fourth-order valence-corrected chi connectivity index (χ4v) is 4.17. The lowest BCUT2D eigenvalue weighted by Crippen LogP contribution is -2.49. The van der Waals surface area contributed by atoms with E-state index in [1.807, 2.05) is 0 Å². The Kier molecular flexibility index (Phi) is 4.22. The summed E-state index contributed by atoms with van der Waals surface area (Å²) < 4.78 is 0. The highest BCUT2D eigenvalue weighted by Gasteiger charge is 2.34. The van der Waals surface area contributed by atoms with Crippen molar-refractivity contribution in [1.29, 1.82) is 0 Å². The predicted octanol–water partition coefficient (Wildman–Crippen LogP) is 1.69. The molecule has 3 heterocycles.